The molecule has 21 heavy (non-hydrogen) atoms. The van der Waals surface area contributed by atoms with E-state index in [1.165, 1.54) is 43.2 Å². The summed E-state index contributed by atoms with van der Waals surface area (Å²) < 4.78 is 0. The van der Waals surface area contributed by atoms with E-state index in [9.17, 15) is 0 Å². The molecule has 2 aromatic rings. The van der Waals surface area contributed by atoms with Gasteiger partial charge in [0.25, 0.3) is 0 Å². The molecule has 2 heteroatoms. The second kappa shape index (κ2) is 6.31. The molecule has 0 heterocycles. The molecule has 0 radical (unpaired) electrons. The highest BCUT2D eigenvalue weighted by atomic mass is 14.6. The predicted octanol–water partition coefficient (Wildman–Crippen LogP) is 4.44. The molecule has 0 saturated heterocycles. The summed E-state index contributed by atoms with van der Waals surface area (Å²) >= 11 is 0. The Bertz CT molecular complexity index is 598. The average Bonchev–Trinajstić information content (AvgIpc) is 2.56. The average molecular weight is 280 g/mol. The second-order valence-electron chi connectivity index (χ2n) is 6.01. The molecule has 0 atom stereocenters. The van der Waals surface area contributed by atoms with Crippen molar-refractivity contribution < 1.29 is 0 Å². The zero-order valence-corrected chi connectivity index (χ0v) is 12.5. The van der Waals surface area contributed by atoms with Gasteiger partial charge in [-0.2, -0.15) is 0 Å². The monoisotopic (exact) mass is 280 g/mol. The molecule has 2 nitrogen and oxygen atoms in total. The summed E-state index contributed by atoms with van der Waals surface area (Å²) in [4.78, 5) is 0. The van der Waals surface area contributed by atoms with Gasteiger partial charge in [0.05, 0.1) is 0 Å². The van der Waals surface area contributed by atoms with E-state index in [-0.39, 0.29) is 0 Å². The maximum atomic E-state index is 6.57. The number of anilines is 1. The lowest BCUT2D eigenvalue weighted by molar-refractivity contribution is 0.444. The standard InChI is InChI=1S/C19H24N2/c20-13-16-11-12-17(14-7-3-1-4-8-14)19(21)18(16)15-9-5-2-6-10-15/h2,5-6,9-12,14H,1,3-4,7-8,13,20-21H2. The Balaban J connectivity index is 2.08. The number of hydrogen-bond acceptors (Lipinski definition) is 2. The van der Waals surface area contributed by atoms with Gasteiger partial charge in [-0.25, -0.2) is 0 Å². The van der Waals surface area contributed by atoms with E-state index in [1.807, 2.05) is 6.07 Å². The quantitative estimate of drug-likeness (QED) is 0.816. The highest BCUT2D eigenvalue weighted by Crippen LogP contribution is 2.40. The first-order chi connectivity index (χ1) is 10.3. The van der Waals surface area contributed by atoms with Crippen LogP contribution in [-0.2, 0) is 6.54 Å². The third-order valence-electron chi connectivity index (χ3n) is 4.69. The normalized spacial score (nSPS) is 16.0. The Morgan fingerprint density at radius 2 is 1.62 bits per heavy atom. The molecule has 0 aliphatic heterocycles. The Morgan fingerprint density at radius 3 is 2.29 bits per heavy atom. The van der Waals surface area contributed by atoms with Crippen molar-refractivity contribution in [2.24, 2.45) is 5.73 Å². The van der Waals surface area contributed by atoms with Gasteiger partial charge < -0.3 is 11.5 Å². The van der Waals surface area contributed by atoms with Gasteiger partial charge in [0.2, 0.25) is 0 Å². The number of rotatable bonds is 3. The van der Waals surface area contributed by atoms with Crippen LogP contribution < -0.4 is 11.5 Å². The van der Waals surface area contributed by atoms with Crippen molar-refractivity contribution in [1.29, 1.82) is 0 Å². The summed E-state index contributed by atoms with van der Waals surface area (Å²) in [6.45, 7) is 0.527. The maximum Gasteiger partial charge on any atom is 0.0432 e. The summed E-state index contributed by atoms with van der Waals surface area (Å²) in [7, 11) is 0. The van der Waals surface area contributed by atoms with E-state index in [0.29, 0.717) is 12.5 Å². The molecule has 110 valence electrons. The van der Waals surface area contributed by atoms with Crippen LogP contribution in [0.4, 0.5) is 5.69 Å². The minimum Gasteiger partial charge on any atom is -0.398 e. The van der Waals surface area contributed by atoms with Crippen molar-refractivity contribution in [2.45, 2.75) is 44.6 Å². The number of hydrogen-bond donors (Lipinski definition) is 2. The number of nitrogens with two attached hydrogens (primary N) is 2. The molecule has 1 saturated carbocycles. The smallest absolute Gasteiger partial charge is 0.0432 e. The lowest BCUT2D eigenvalue weighted by Gasteiger charge is -2.25. The van der Waals surface area contributed by atoms with Crippen LogP contribution in [0.1, 0.15) is 49.1 Å². The third kappa shape index (κ3) is 2.81. The van der Waals surface area contributed by atoms with E-state index in [0.717, 1.165) is 16.8 Å². The minimum atomic E-state index is 0.527. The zero-order valence-electron chi connectivity index (χ0n) is 12.5. The van der Waals surface area contributed by atoms with E-state index in [2.05, 4.69) is 36.4 Å². The van der Waals surface area contributed by atoms with Crippen molar-refractivity contribution in [2.75, 3.05) is 5.73 Å². The third-order valence-corrected chi connectivity index (χ3v) is 4.69. The van der Waals surface area contributed by atoms with Crippen LogP contribution in [0.2, 0.25) is 0 Å². The molecule has 4 N–H and O–H groups in total. The van der Waals surface area contributed by atoms with Crippen LogP contribution >= 0.6 is 0 Å². The lowest BCUT2D eigenvalue weighted by Crippen LogP contribution is -2.10. The summed E-state index contributed by atoms with van der Waals surface area (Å²) in [6, 6.07) is 14.8. The van der Waals surface area contributed by atoms with Crippen LogP contribution in [0.15, 0.2) is 42.5 Å². The Morgan fingerprint density at radius 1 is 0.905 bits per heavy atom. The van der Waals surface area contributed by atoms with Crippen LogP contribution in [0.3, 0.4) is 0 Å². The minimum absolute atomic E-state index is 0.527. The van der Waals surface area contributed by atoms with Gasteiger partial charge in [0, 0.05) is 17.8 Å². The maximum absolute atomic E-state index is 6.57. The molecule has 0 spiro atoms. The van der Waals surface area contributed by atoms with Crippen LogP contribution in [-0.4, -0.2) is 0 Å². The highest BCUT2D eigenvalue weighted by molar-refractivity contribution is 5.82. The molecule has 1 aliphatic rings. The van der Waals surface area contributed by atoms with Crippen molar-refractivity contribution in [3.05, 3.63) is 53.6 Å². The van der Waals surface area contributed by atoms with Crippen molar-refractivity contribution in [3.8, 4) is 11.1 Å². The van der Waals surface area contributed by atoms with Crippen molar-refractivity contribution in [3.63, 3.8) is 0 Å². The zero-order chi connectivity index (χ0) is 14.7. The van der Waals surface area contributed by atoms with E-state index in [1.54, 1.807) is 0 Å². The van der Waals surface area contributed by atoms with Gasteiger partial charge in [-0.15, -0.1) is 0 Å². The van der Waals surface area contributed by atoms with Crippen LogP contribution in [0.25, 0.3) is 11.1 Å². The first-order valence-electron chi connectivity index (χ1n) is 7.98. The Kier molecular flexibility index (Phi) is 4.26. The van der Waals surface area contributed by atoms with Gasteiger partial charge in [0.15, 0.2) is 0 Å². The molecule has 1 aliphatic carbocycles. The fourth-order valence-electron chi connectivity index (χ4n) is 3.57. The van der Waals surface area contributed by atoms with E-state index >= 15 is 0 Å². The molecular formula is C19H24N2. The molecule has 0 bridgehead atoms. The predicted molar refractivity (Wildman–Crippen MR) is 90.0 cm³/mol. The molecule has 3 rings (SSSR count). The fraction of sp³-hybridized carbons (Fsp3) is 0.368. The fourth-order valence-corrected chi connectivity index (χ4v) is 3.57. The molecule has 1 fully saturated rings. The van der Waals surface area contributed by atoms with Gasteiger partial charge >= 0.3 is 0 Å². The first kappa shape index (κ1) is 14.2. The molecule has 0 amide bonds. The Labute approximate surface area is 127 Å². The Hall–Kier alpha value is -1.80. The lowest BCUT2D eigenvalue weighted by atomic mass is 9.81. The highest BCUT2D eigenvalue weighted by Gasteiger charge is 2.20. The number of nitrogen functional groups attached to an aromatic ring is 1. The summed E-state index contributed by atoms with van der Waals surface area (Å²) in [6.07, 6.45) is 6.54. The number of benzene rings is 2. The van der Waals surface area contributed by atoms with Crippen LogP contribution in [0.5, 0.6) is 0 Å². The first-order valence-corrected chi connectivity index (χ1v) is 7.98. The van der Waals surface area contributed by atoms with Gasteiger partial charge in [-0.05, 0) is 35.4 Å². The molecule has 0 unspecified atom stereocenters. The van der Waals surface area contributed by atoms with Crippen molar-refractivity contribution >= 4 is 5.69 Å². The van der Waals surface area contributed by atoms with E-state index < -0.39 is 0 Å². The molecule has 0 aromatic heterocycles. The van der Waals surface area contributed by atoms with Gasteiger partial charge in [-0.1, -0.05) is 61.7 Å². The van der Waals surface area contributed by atoms with E-state index in [4.69, 9.17) is 11.5 Å². The van der Waals surface area contributed by atoms with Crippen molar-refractivity contribution in [1.82, 2.24) is 0 Å². The largest absolute Gasteiger partial charge is 0.398 e. The summed E-state index contributed by atoms with van der Waals surface area (Å²) in [5.41, 5.74) is 18.2. The van der Waals surface area contributed by atoms with Crippen LogP contribution in [0, 0.1) is 0 Å². The SMILES string of the molecule is NCc1ccc(C2CCCCC2)c(N)c1-c1ccccc1. The molecule has 2 aromatic carbocycles. The van der Waals surface area contributed by atoms with Gasteiger partial charge in [0.1, 0.15) is 0 Å². The van der Waals surface area contributed by atoms with Gasteiger partial charge in [-0.3, -0.25) is 0 Å². The summed E-state index contributed by atoms with van der Waals surface area (Å²) in [5.74, 6) is 0.619. The summed E-state index contributed by atoms with van der Waals surface area (Å²) in [5, 5.41) is 0. The molecular weight excluding hydrogens is 256 g/mol. The topological polar surface area (TPSA) is 52.0 Å². The second-order valence-corrected chi connectivity index (χ2v) is 6.01.